The minimum absolute atomic E-state index is 1.28. The largest absolute Gasteiger partial charge is 0.141 e. The first-order chi connectivity index (χ1) is 15.5. The third kappa shape index (κ3) is 4.33. The third-order valence-corrected chi connectivity index (χ3v) is 9.48. The second-order valence-corrected chi connectivity index (χ2v) is 13.1. The minimum Gasteiger partial charge on any atom is -0.141 e. The Labute approximate surface area is 205 Å². The smallest absolute Gasteiger partial charge is 0.0365 e. The molecule has 0 aliphatic heterocycles. The molecule has 0 radical (unpaired) electrons. The molecule has 5 rings (SSSR count). The molecule has 0 aliphatic rings. The SMILES string of the molecule is Cc1ccc(C(c2ccc(C)s2)=c2ccc(=C(c3ccc(C)s3)c3ccc(C)s3)cc2)s1. The molecule has 0 bridgehead atoms. The molecule has 0 N–H and O–H groups in total. The van der Waals surface area contributed by atoms with Crippen LogP contribution in [0.4, 0.5) is 0 Å². The van der Waals surface area contributed by atoms with Crippen LogP contribution >= 0.6 is 45.3 Å². The molecule has 4 heteroatoms. The summed E-state index contributed by atoms with van der Waals surface area (Å²) in [4.78, 5) is 10.7. The van der Waals surface area contributed by atoms with Crippen LogP contribution in [0.25, 0.3) is 11.1 Å². The van der Waals surface area contributed by atoms with Gasteiger partial charge in [-0.25, -0.2) is 0 Å². The lowest BCUT2D eigenvalue weighted by Crippen LogP contribution is -2.13. The van der Waals surface area contributed by atoms with Gasteiger partial charge < -0.3 is 0 Å². The molecule has 0 amide bonds. The molecule has 1 aromatic carbocycles. The summed E-state index contributed by atoms with van der Waals surface area (Å²) in [6.45, 7) is 8.73. The van der Waals surface area contributed by atoms with Crippen molar-refractivity contribution in [3.05, 3.63) is 122 Å². The van der Waals surface area contributed by atoms with Gasteiger partial charge in [0.15, 0.2) is 0 Å². The molecule has 0 aliphatic carbocycles. The van der Waals surface area contributed by atoms with Gasteiger partial charge in [0.05, 0.1) is 0 Å². The molecule has 5 aromatic rings. The van der Waals surface area contributed by atoms with Gasteiger partial charge >= 0.3 is 0 Å². The number of aryl methyl sites for hydroxylation is 4. The van der Waals surface area contributed by atoms with Gasteiger partial charge in [-0.15, -0.1) is 45.3 Å². The van der Waals surface area contributed by atoms with Crippen molar-refractivity contribution in [2.45, 2.75) is 27.7 Å². The van der Waals surface area contributed by atoms with Crippen LogP contribution in [0.3, 0.4) is 0 Å². The summed E-state index contributed by atoms with van der Waals surface area (Å²) in [6.07, 6.45) is 0. The van der Waals surface area contributed by atoms with Crippen molar-refractivity contribution in [1.82, 2.24) is 0 Å². The van der Waals surface area contributed by atoms with E-state index in [0.717, 1.165) is 0 Å². The maximum absolute atomic E-state index is 2.30. The third-order valence-electron chi connectivity index (χ3n) is 5.41. The Kier molecular flexibility index (Phi) is 6.04. The van der Waals surface area contributed by atoms with Crippen molar-refractivity contribution in [3.8, 4) is 0 Å². The number of thiophene rings is 4. The Morgan fingerprint density at radius 2 is 0.625 bits per heavy atom. The standard InChI is InChI=1S/C28H24S4/c1-17-5-13-23(29-17)27(24-14-6-18(2)30-24)21-9-11-22(12-10-21)28(25-15-7-19(3)31-25)26-16-8-20(4)32-26/h5-16H,1-4H3. The molecule has 4 aromatic heterocycles. The zero-order valence-corrected chi connectivity index (χ0v) is 21.8. The first kappa shape index (κ1) is 21.6. The van der Waals surface area contributed by atoms with E-state index in [9.17, 15) is 0 Å². The second kappa shape index (κ2) is 8.95. The van der Waals surface area contributed by atoms with Gasteiger partial charge in [-0.1, -0.05) is 24.3 Å². The molecule has 32 heavy (non-hydrogen) atoms. The van der Waals surface area contributed by atoms with Gasteiger partial charge in [0.2, 0.25) is 0 Å². The summed E-state index contributed by atoms with van der Waals surface area (Å²) < 4.78 is 0. The molecule has 0 spiro atoms. The van der Waals surface area contributed by atoms with Gasteiger partial charge in [-0.3, -0.25) is 0 Å². The van der Waals surface area contributed by atoms with Crippen molar-refractivity contribution < 1.29 is 0 Å². The Morgan fingerprint density at radius 1 is 0.375 bits per heavy atom. The van der Waals surface area contributed by atoms with E-state index in [1.165, 1.54) is 60.6 Å². The molecular weight excluding hydrogens is 465 g/mol. The molecule has 0 nitrogen and oxygen atoms in total. The fourth-order valence-electron chi connectivity index (χ4n) is 3.89. The molecule has 160 valence electrons. The molecule has 4 heterocycles. The minimum atomic E-state index is 1.28. The molecule has 0 saturated carbocycles. The van der Waals surface area contributed by atoms with Crippen LogP contribution in [0.2, 0.25) is 0 Å². The van der Waals surface area contributed by atoms with Gasteiger partial charge in [0.1, 0.15) is 0 Å². The fourth-order valence-corrected chi connectivity index (χ4v) is 7.82. The van der Waals surface area contributed by atoms with Crippen LogP contribution < -0.4 is 10.4 Å². The van der Waals surface area contributed by atoms with Crippen LogP contribution in [0, 0.1) is 27.7 Å². The highest BCUT2D eigenvalue weighted by molar-refractivity contribution is 7.16. The topological polar surface area (TPSA) is 0 Å². The maximum Gasteiger partial charge on any atom is 0.0365 e. The summed E-state index contributed by atoms with van der Waals surface area (Å²) in [5, 5.41) is 2.56. The Balaban J connectivity index is 1.76. The predicted molar refractivity (Wildman–Crippen MR) is 145 cm³/mol. The van der Waals surface area contributed by atoms with Gasteiger partial charge in [0, 0.05) is 50.2 Å². The van der Waals surface area contributed by atoms with Crippen molar-refractivity contribution in [3.63, 3.8) is 0 Å². The van der Waals surface area contributed by atoms with Crippen LogP contribution in [0.15, 0.2) is 72.8 Å². The van der Waals surface area contributed by atoms with E-state index in [4.69, 9.17) is 0 Å². The second-order valence-electron chi connectivity index (χ2n) is 7.97. The first-order valence-corrected chi connectivity index (χ1v) is 13.9. The van der Waals surface area contributed by atoms with Gasteiger partial charge in [-0.2, -0.15) is 0 Å². The van der Waals surface area contributed by atoms with Crippen LogP contribution in [-0.2, 0) is 0 Å². The average Bonchev–Trinajstić information content (AvgIpc) is 3.56. The summed E-state index contributed by atoms with van der Waals surface area (Å²) in [5.41, 5.74) is 2.68. The van der Waals surface area contributed by atoms with E-state index < -0.39 is 0 Å². The Bertz CT molecular complexity index is 1290. The van der Waals surface area contributed by atoms with Crippen molar-refractivity contribution in [1.29, 1.82) is 0 Å². The van der Waals surface area contributed by atoms with Crippen molar-refractivity contribution in [2.75, 3.05) is 0 Å². The number of benzene rings is 1. The highest BCUT2D eigenvalue weighted by Gasteiger charge is 2.13. The lowest BCUT2D eigenvalue weighted by atomic mass is 10.1. The fraction of sp³-hybridized carbons (Fsp3) is 0.143. The summed E-state index contributed by atoms with van der Waals surface area (Å²) in [5.74, 6) is 0. The molecular formula is C28H24S4. The Morgan fingerprint density at radius 3 is 0.812 bits per heavy atom. The van der Waals surface area contributed by atoms with E-state index in [2.05, 4.69) is 100 Å². The van der Waals surface area contributed by atoms with Gasteiger partial charge in [-0.05, 0) is 86.7 Å². The molecule has 0 saturated heterocycles. The van der Waals surface area contributed by atoms with E-state index in [1.807, 2.05) is 45.3 Å². The van der Waals surface area contributed by atoms with Crippen LogP contribution in [0.1, 0.15) is 39.0 Å². The predicted octanol–water partition coefficient (Wildman–Crippen LogP) is 7.66. The zero-order chi connectivity index (χ0) is 22.2. The van der Waals surface area contributed by atoms with E-state index in [0.29, 0.717) is 0 Å². The maximum atomic E-state index is 2.30. The lowest BCUT2D eigenvalue weighted by molar-refractivity contribution is 1.50. The van der Waals surface area contributed by atoms with E-state index >= 15 is 0 Å². The van der Waals surface area contributed by atoms with Crippen molar-refractivity contribution in [2.24, 2.45) is 0 Å². The zero-order valence-electron chi connectivity index (χ0n) is 18.6. The number of rotatable bonds is 4. The molecule has 0 unspecified atom stereocenters. The molecule has 0 atom stereocenters. The quantitative estimate of drug-likeness (QED) is 0.244. The van der Waals surface area contributed by atoms with E-state index in [1.54, 1.807) is 0 Å². The lowest BCUT2D eigenvalue weighted by Gasteiger charge is -2.06. The van der Waals surface area contributed by atoms with Crippen LogP contribution in [-0.4, -0.2) is 0 Å². The monoisotopic (exact) mass is 488 g/mol. The number of hydrogen-bond acceptors (Lipinski definition) is 4. The normalized spacial score (nSPS) is 11.1. The molecule has 0 fully saturated rings. The first-order valence-electron chi connectivity index (χ1n) is 10.6. The van der Waals surface area contributed by atoms with Crippen LogP contribution in [0.5, 0.6) is 0 Å². The number of hydrogen-bond donors (Lipinski definition) is 0. The van der Waals surface area contributed by atoms with E-state index in [-0.39, 0.29) is 0 Å². The highest BCUT2D eigenvalue weighted by atomic mass is 32.1. The summed E-state index contributed by atoms with van der Waals surface area (Å²) >= 11 is 7.49. The Hall–Kier alpha value is -2.24. The highest BCUT2D eigenvalue weighted by Crippen LogP contribution is 2.33. The van der Waals surface area contributed by atoms with Crippen molar-refractivity contribution >= 4 is 56.5 Å². The summed E-state index contributed by atoms with van der Waals surface area (Å²) in [6, 6.07) is 27.1. The summed E-state index contributed by atoms with van der Waals surface area (Å²) in [7, 11) is 0. The van der Waals surface area contributed by atoms with Gasteiger partial charge in [0.25, 0.3) is 0 Å². The average molecular weight is 489 g/mol.